The first-order valence-electron chi connectivity index (χ1n) is 7.55. The number of rotatable bonds is 3. The molecule has 0 N–H and O–H groups in total. The van der Waals surface area contributed by atoms with Crippen molar-refractivity contribution in [2.24, 2.45) is 4.99 Å². The van der Waals surface area contributed by atoms with Crippen molar-refractivity contribution in [1.82, 2.24) is 4.90 Å². The minimum absolute atomic E-state index is 0.0842. The predicted molar refractivity (Wildman–Crippen MR) is 88.8 cm³/mol. The van der Waals surface area contributed by atoms with E-state index < -0.39 is 0 Å². The summed E-state index contributed by atoms with van der Waals surface area (Å²) in [5, 5.41) is 0. The average molecular weight is 307 g/mol. The lowest BCUT2D eigenvalue weighted by Gasteiger charge is -2.36. The van der Waals surface area contributed by atoms with Crippen molar-refractivity contribution in [3.8, 4) is 0 Å². The summed E-state index contributed by atoms with van der Waals surface area (Å²) in [6, 6.07) is 16.8. The number of amides is 1. The van der Waals surface area contributed by atoms with Gasteiger partial charge in [-0.2, -0.15) is 4.99 Å². The Labute approximate surface area is 134 Å². The summed E-state index contributed by atoms with van der Waals surface area (Å²) in [4.78, 5) is 30.4. The molecular weight excluding hydrogens is 290 g/mol. The maximum atomic E-state index is 12.4. The van der Waals surface area contributed by atoms with Crippen LogP contribution >= 0.6 is 0 Å². The van der Waals surface area contributed by atoms with Crippen LogP contribution in [0.4, 0.5) is 11.4 Å². The molecule has 1 saturated heterocycles. The van der Waals surface area contributed by atoms with Crippen LogP contribution in [0.2, 0.25) is 0 Å². The average Bonchev–Trinajstić information content (AvgIpc) is 2.63. The van der Waals surface area contributed by atoms with Gasteiger partial charge >= 0.3 is 0 Å². The van der Waals surface area contributed by atoms with Gasteiger partial charge in [0.2, 0.25) is 6.08 Å². The minimum atomic E-state index is 0.0842. The maximum Gasteiger partial charge on any atom is 0.253 e. The molecule has 1 amide bonds. The number of carbonyl (C=O) groups excluding carboxylic acids is 2. The SMILES string of the molecule is O=C=Nc1ccc(N2CCN(C(=O)c3ccccc3)CC2)cc1. The number of aliphatic imine (C=N–C) groups is 1. The van der Waals surface area contributed by atoms with Gasteiger partial charge in [0.25, 0.3) is 5.91 Å². The molecule has 2 aromatic rings. The Bertz CT molecular complexity index is 714. The van der Waals surface area contributed by atoms with Gasteiger partial charge < -0.3 is 9.80 Å². The molecule has 0 bridgehead atoms. The quantitative estimate of drug-likeness (QED) is 0.647. The van der Waals surface area contributed by atoms with E-state index in [1.165, 1.54) is 6.08 Å². The van der Waals surface area contributed by atoms with Crippen molar-refractivity contribution in [2.45, 2.75) is 0 Å². The van der Waals surface area contributed by atoms with Crippen LogP contribution < -0.4 is 4.90 Å². The molecule has 0 saturated carbocycles. The van der Waals surface area contributed by atoms with Gasteiger partial charge in [0.05, 0.1) is 5.69 Å². The summed E-state index contributed by atoms with van der Waals surface area (Å²) >= 11 is 0. The number of carbonyl (C=O) groups is 1. The lowest BCUT2D eigenvalue weighted by Crippen LogP contribution is -2.48. The number of piperazine rings is 1. The van der Waals surface area contributed by atoms with Crippen LogP contribution in [-0.4, -0.2) is 43.1 Å². The number of nitrogens with zero attached hydrogens (tertiary/aromatic N) is 3. The van der Waals surface area contributed by atoms with Crippen LogP contribution in [0, 0.1) is 0 Å². The summed E-state index contributed by atoms with van der Waals surface area (Å²) in [5.41, 5.74) is 2.40. The van der Waals surface area contributed by atoms with Crippen LogP contribution in [0.5, 0.6) is 0 Å². The molecule has 0 aliphatic carbocycles. The molecule has 0 spiro atoms. The predicted octanol–water partition coefficient (Wildman–Crippen LogP) is 2.62. The van der Waals surface area contributed by atoms with Crippen molar-refractivity contribution in [1.29, 1.82) is 0 Å². The van der Waals surface area contributed by atoms with Gasteiger partial charge in [0, 0.05) is 37.4 Å². The number of isocyanates is 1. The highest BCUT2D eigenvalue weighted by atomic mass is 16.2. The first-order chi connectivity index (χ1) is 11.3. The van der Waals surface area contributed by atoms with E-state index in [0.717, 1.165) is 24.3 Å². The van der Waals surface area contributed by atoms with Gasteiger partial charge in [-0.25, -0.2) is 4.79 Å². The summed E-state index contributed by atoms with van der Waals surface area (Å²) in [6.07, 6.45) is 1.53. The third-order valence-corrected chi connectivity index (χ3v) is 3.98. The van der Waals surface area contributed by atoms with Crippen molar-refractivity contribution in [3.63, 3.8) is 0 Å². The fraction of sp³-hybridized carbons (Fsp3) is 0.222. The van der Waals surface area contributed by atoms with Gasteiger partial charge in [-0.15, -0.1) is 0 Å². The number of anilines is 1. The van der Waals surface area contributed by atoms with Crippen LogP contribution in [0.15, 0.2) is 59.6 Å². The van der Waals surface area contributed by atoms with Gasteiger partial charge in [0.1, 0.15) is 0 Å². The zero-order chi connectivity index (χ0) is 16.1. The number of hydrogen-bond acceptors (Lipinski definition) is 4. The Kier molecular flexibility index (Phi) is 4.50. The van der Waals surface area contributed by atoms with E-state index in [-0.39, 0.29) is 5.91 Å². The number of benzene rings is 2. The van der Waals surface area contributed by atoms with Gasteiger partial charge in [-0.05, 0) is 36.4 Å². The fourth-order valence-corrected chi connectivity index (χ4v) is 2.72. The zero-order valence-corrected chi connectivity index (χ0v) is 12.7. The fourth-order valence-electron chi connectivity index (χ4n) is 2.72. The molecule has 5 heteroatoms. The molecule has 1 heterocycles. The van der Waals surface area contributed by atoms with Crippen molar-refractivity contribution in [2.75, 3.05) is 31.1 Å². The third-order valence-electron chi connectivity index (χ3n) is 3.98. The van der Waals surface area contributed by atoms with E-state index in [9.17, 15) is 9.59 Å². The maximum absolute atomic E-state index is 12.4. The van der Waals surface area contributed by atoms with Gasteiger partial charge in [0.15, 0.2) is 0 Å². The van der Waals surface area contributed by atoms with Crippen LogP contribution in [-0.2, 0) is 4.79 Å². The third kappa shape index (κ3) is 3.47. The van der Waals surface area contributed by atoms with Gasteiger partial charge in [-0.3, -0.25) is 4.79 Å². The van der Waals surface area contributed by atoms with Crippen molar-refractivity contribution < 1.29 is 9.59 Å². The highest BCUT2D eigenvalue weighted by Crippen LogP contribution is 2.21. The molecule has 0 unspecified atom stereocenters. The second-order valence-electron chi connectivity index (χ2n) is 5.36. The summed E-state index contributed by atoms with van der Waals surface area (Å²) in [7, 11) is 0. The lowest BCUT2D eigenvalue weighted by molar-refractivity contribution is 0.0747. The molecule has 1 aliphatic heterocycles. The molecule has 1 aliphatic rings. The highest BCUT2D eigenvalue weighted by molar-refractivity contribution is 5.94. The molecule has 0 radical (unpaired) electrons. The van der Waals surface area contributed by atoms with Crippen LogP contribution in [0.1, 0.15) is 10.4 Å². The van der Waals surface area contributed by atoms with Crippen LogP contribution in [0.3, 0.4) is 0 Å². The Morgan fingerprint density at radius 1 is 0.913 bits per heavy atom. The molecular formula is C18H17N3O2. The van der Waals surface area contributed by atoms with E-state index >= 15 is 0 Å². The van der Waals surface area contributed by atoms with Crippen molar-refractivity contribution in [3.05, 3.63) is 60.2 Å². The monoisotopic (exact) mass is 307 g/mol. The summed E-state index contributed by atoms with van der Waals surface area (Å²) in [5.74, 6) is 0.0842. The molecule has 3 rings (SSSR count). The van der Waals surface area contributed by atoms with E-state index in [4.69, 9.17) is 0 Å². The Hall–Kier alpha value is -2.91. The Balaban J connectivity index is 1.62. The lowest BCUT2D eigenvalue weighted by atomic mass is 10.1. The van der Waals surface area contributed by atoms with Crippen molar-refractivity contribution >= 4 is 23.4 Å². The molecule has 5 nitrogen and oxygen atoms in total. The standard InChI is InChI=1S/C18H17N3O2/c22-14-19-16-6-8-17(9-7-16)20-10-12-21(13-11-20)18(23)15-4-2-1-3-5-15/h1-9H,10-13H2. The molecule has 0 aromatic heterocycles. The molecule has 0 atom stereocenters. The Morgan fingerprint density at radius 2 is 1.57 bits per heavy atom. The second-order valence-corrected chi connectivity index (χ2v) is 5.36. The second kappa shape index (κ2) is 6.90. The van der Waals surface area contributed by atoms with Gasteiger partial charge in [-0.1, -0.05) is 18.2 Å². The first-order valence-corrected chi connectivity index (χ1v) is 7.55. The van der Waals surface area contributed by atoms with E-state index in [1.807, 2.05) is 47.4 Å². The minimum Gasteiger partial charge on any atom is -0.368 e. The molecule has 1 fully saturated rings. The summed E-state index contributed by atoms with van der Waals surface area (Å²) < 4.78 is 0. The largest absolute Gasteiger partial charge is 0.368 e. The molecule has 23 heavy (non-hydrogen) atoms. The number of hydrogen-bond donors (Lipinski definition) is 0. The molecule has 2 aromatic carbocycles. The molecule has 116 valence electrons. The topological polar surface area (TPSA) is 53.0 Å². The zero-order valence-electron chi connectivity index (χ0n) is 12.7. The highest BCUT2D eigenvalue weighted by Gasteiger charge is 2.22. The smallest absolute Gasteiger partial charge is 0.253 e. The van der Waals surface area contributed by atoms with E-state index in [2.05, 4.69) is 9.89 Å². The summed E-state index contributed by atoms with van der Waals surface area (Å²) in [6.45, 7) is 2.97. The first kappa shape index (κ1) is 15.0. The van der Waals surface area contributed by atoms with E-state index in [0.29, 0.717) is 18.8 Å². The normalized spacial score (nSPS) is 14.3. The Morgan fingerprint density at radius 3 is 2.17 bits per heavy atom. The van der Waals surface area contributed by atoms with E-state index in [1.54, 1.807) is 12.1 Å². The van der Waals surface area contributed by atoms with Crippen LogP contribution in [0.25, 0.3) is 0 Å².